The first-order chi connectivity index (χ1) is 10.6. The number of hydrogen-bond acceptors (Lipinski definition) is 4. The minimum atomic E-state index is -0.341. The van der Waals surface area contributed by atoms with Crippen LogP contribution in [0.5, 0.6) is 0 Å². The van der Waals surface area contributed by atoms with E-state index in [0.29, 0.717) is 26.2 Å². The van der Waals surface area contributed by atoms with E-state index in [4.69, 9.17) is 0 Å². The normalized spacial score (nSPS) is 17.4. The highest BCUT2D eigenvalue weighted by Crippen LogP contribution is 2.25. The van der Waals surface area contributed by atoms with Gasteiger partial charge in [0.2, 0.25) is 5.91 Å². The van der Waals surface area contributed by atoms with Gasteiger partial charge in [-0.3, -0.25) is 9.69 Å². The first-order valence-corrected chi connectivity index (χ1v) is 7.44. The van der Waals surface area contributed by atoms with E-state index < -0.39 is 0 Å². The molecule has 0 N–H and O–H groups in total. The number of carbonyl (C=O) groups excluding carboxylic acids is 1. The Balaban J connectivity index is 1.90. The third kappa shape index (κ3) is 2.44. The van der Waals surface area contributed by atoms with Crippen molar-refractivity contribution in [1.29, 1.82) is 5.26 Å². The van der Waals surface area contributed by atoms with Crippen molar-refractivity contribution in [2.24, 2.45) is 0 Å². The second-order valence-electron chi connectivity index (χ2n) is 5.58. The molecule has 6 heteroatoms. The van der Waals surface area contributed by atoms with E-state index in [1.54, 1.807) is 6.92 Å². The quantitative estimate of drug-likeness (QED) is 0.840. The van der Waals surface area contributed by atoms with Gasteiger partial charge >= 0.3 is 0 Å². The van der Waals surface area contributed by atoms with Crippen molar-refractivity contribution in [2.75, 3.05) is 26.2 Å². The van der Waals surface area contributed by atoms with E-state index in [2.05, 4.69) is 16.0 Å². The molecule has 1 aliphatic heterocycles. The summed E-state index contributed by atoms with van der Waals surface area (Å²) in [5, 5.41) is 9.70. The first kappa shape index (κ1) is 14.5. The van der Waals surface area contributed by atoms with Crippen LogP contribution in [0.3, 0.4) is 0 Å². The lowest BCUT2D eigenvalue weighted by Crippen LogP contribution is -2.49. The number of pyridine rings is 1. The van der Waals surface area contributed by atoms with Gasteiger partial charge < -0.3 is 9.30 Å². The summed E-state index contributed by atoms with van der Waals surface area (Å²) in [6.07, 6.45) is 1.95. The molecule has 0 bridgehead atoms. The Labute approximate surface area is 129 Å². The number of rotatable bonds is 2. The fraction of sp³-hybridized carbons (Fsp3) is 0.438. The minimum absolute atomic E-state index is 0.0964. The van der Waals surface area contributed by atoms with Crippen LogP contribution in [-0.4, -0.2) is 51.3 Å². The Morgan fingerprint density at radius 3 is 2.68 bits per heavy atom. The monoisotopic (exact) mass is 297 g/mol. The fourth-order valence-electron chi connectivity index (χ4n) is 3.07. The Morgan fingerprint density at radius 1 is 1.32 bits per heavy atom. The van der Waals surface area contributed by atoms with Crippen LogP contribution in [0.25, 0.3) is 5.65 Å². The van der Waals surface area contributed by atoms with Crippen LogP contribution in [0.15, 0.2) is 24.4 Å². The molecule has 3 rings (SSSR count). The average molecular weight is 297 g/mol. The zero-order chi connectivity index (χ0) is 15.7. The molecule has 0 saturated carbocycles. The third-order valence-electron chi connectivity index (χ3n) is 4.26. The van der Waals surface area contributed by atoms with Crippen molar-refractivity contribution in [3.8, 4) is 6.07 Å². The molecule has 0 aliphatic carbocycles. The summed E-state index contributed by atoms with van der Waals surface area (Å²) in [6, 6.07) is 7.90. The molecule has 1 fully saturated rings. The fourth-order valence-corrected chi connectivity index (χ4v) is 3.07. The number of piperazine rings is 1. The van der Waals surface area contributed by atoms with E-state index in [1.807, 2.05) is 40.6 Å². The number of nitrogens with zero attached hydrogens (tertiary/aromatic N) is 5. The van der Waals surface area contributed by atoms with E-state index in [0.717, 1.165) is 17.0 Å². The average Bonchev–Trinajstić information content (AvgIpc) is 2.85. The van der Waals surface area contributed by atoms with Crippen LogP contribution in [0, 0.1) is 18.3 Å². The molecule has 3 heterocycles. The number of imidazole rings is 1. The van der Waals surface area contributed by atoms with Crippen molar-refractivity contribution in [2.45, 2.75) is 19.9 Å². The van der Waals surface area contributed by atoms with Gasteiger partial charge in [0.15, 0.2) is 0 Å². The second kappa shape index (κ2) is 5.78. The smallest absolute Gasteiger partial charge is 0.219 e. The molecule has 0 spiro atoms. The van der Waals surface area contributed by atoms with Gasteiger partial charge in [-0.25, -0.2) is 4.98 Å². The van der Waals surface area contributed by atoms with E-state index >= 15 is 0 Å². The Morgan fingerprint density at radius 2 is 2.05 bits per heavy atom. The summed E-state index contributed by atoms with van der Waals surface area (Å²) in [7, 11) is 0. The lowest BCUT2D eigenvalue weighted by molar-refractivity contribution is -0.130. The number of hydrogen-bond donors (Lipinski definition) is 0. The van der Waals surface area contributed by atoms with Crippen LogP contribution in [0.1, 0.15) is 24.4 Å². The van der Waals surface area contributed by atoms with E-state index in [1.165, 1.54) is 0 Å². The molecule has 1 aliphatic rings. The van der Waals surface area contributed by atoms with Crippen molar-refractivity contribution >= 4 is 11.6 Å². The molecule has 1 unspecified atom stereocenters. The molecule has 1 saturated heterocycles. The lowest BCUT2D eigenvalue weighted by atomic mass is 10.1. The van der Waals surface area contributed by atoms with Crippen LogP contribution >= 0.6 is 0 Å². The van der Waals surface area contributed by atoms with Crippen molar-refractivity contribution in [1.82, 2.24) is 19.2 Å². The molecule has 0 radical (unpaired) electrons. The van der Waals surface area contributed by atoms with Crippen molar-refractivity contribution < 1.29 is 4.79 Å². The van der Waals surface area contributed by atoms with Crippen molar-refractivity contribution in [3.05, 3.63) is 35.8 Å². The van der Waals surface area contributed by atoms with Gasteiger partial charge in [0.05, 0.1) is 17.5 Å². The van der Waals surface area contributed by atoms with Gasteiger partial charge in [-0.1, -0.05) is 6.07 Å². The van der Waals surface area contributed by atoms with Crippen LogP contribution in [0.4, 0.5) is 0 Å². The molecule has 1 atom stereocenters. The Hall–Kier alpha value is -2.39. The molecule has 1 amide bonds. The number of carbonyl (C=O) groups is 1. The number of amides is 1. The molecule has 2 aromatic rings. The topological polar surface area (TPSA) is 64.6 Å². The molecule has 0 aromatic carbocycles. The number of fused-ring (bicyclic) bond motifs is 1. The predicted molar refractivity (Wildman–Crippen MR) is 82.1 cm³/mol. The molecule has 6 nitrogen and oxygen atoms in total. The van der Waals surface area contributed by atoms with Gasteiger partial charge in [-0.05, 0) is 19.1 Å². The van der Waals surface area contributed by atoms with Gasteiger partial charge in [0.1, 0.15) is 11.7 Å². The maximum atomic E-state index is 11.4. The van der Waals surface area contributed by atoms with Gasteiger partial charge in [0, 0.05) is 39.3 Å². The summed E-state index contributed by atoms with van der Waals surface area (Å²) in [5.41, 5.74) is 2.67. The van der Waals surface area contributed by atoms with Gasteiger partial charge in [-0.2, -0.15) is 5.26 Å². The zero-order valence-electron chi connectivity index (χ0n) is 12.9. The predicted octanol–water partition coefficient (Wildman–Crippen LogP) is 1.37. The summed E-state index contributed by atoms with van der Waals surface area (Å²) < 4.78 is 1.99. The molecular weight excluding hydrogens is 278 g/mol. The third-order valence-corrected chi connectivity index (χ3v) is 4.26. The largest absolute Gasteiger partial charge is 0.340 e. The zero-order valence-corrected chi connectivity index (χ0v) is 12.9. The maximum absolute atomic E-state index is 11.4. The second-order valence-corrected chi connectivity index (χ2v) is 5.58. The lowest BCUT2D eigenvalue weighted by Gasteiger charge is -2.36. The van der Waals surface area contributed by atoms with Gasteiger partial charge in [0.25, 0.3) is 0 Å². The Bertz CT molecular complexity index is 737. The van der Waals surface area contributed by atoms with E-state index in [9.17, 15) is 10.1 Å². The molecule has 22 heavy (non-hydrogen) atoms. The first-order valence-electron chi connectivity index (χ1n) is 7.44. The highest BCUT2D eigenvalue weighted by molar-refractivity contribution is 5.73. The summed E-state index contributed by atoms with van der Waals surface area (Å²) >= 11 is 0. The number of aryl methyl sites for hydroxylation is 1. The SMILES string of the molecule is CC(=O)N1CCN(C(C#N)c2c(C)nc3ccccn23)CC1. The number of nitriles is 1. The van der Waals surface area contributed by atoms with Crippen LogP contribution in [-0.2, 0) is 4.79 Å². The van der Waals surface area contributed by atoms with Crippen LogP contribution in [0.2, 0.25) is 0 Å². The van der Waals surface area contributed by atoms with Gasteiger partial charge in [-0.15, -0.1) is 0 Å². The minimum Gasteiger partial charge on any atom is -0.340 e. The van der Waals surface area contributed by atoms with Crippen LogP contribution < -0.4 is 0 Å². The highest BCUT2D eigenvalue weighted by atomic mass is 16.2. The van der Waals surface area contributed by atoms with Crippen molar-refractivity contribution in [3.63, 3.8) is 0 Å². The maximum Gasteiger partial charge on any atom is 0.219 e. The molecule has 114 valence electrons. The summed E-state index contributed by atoms with van der Waals surface area (Å²) in [4.78, 5) is 19.9. The molecular formula is C16H19N5O. The summed E-state index contributed by atoms with van der Waals surface area (Å²) in [6.45, 7) is 6.28. The Kier molecular flexibility index (Phi) is 3.82. The van der Waals surface area contributed by atoms with E-state index in [-0.39, 0.29) is 11.9 Å². The molecule has 2 aromatic heterocycles. The standard InChI is InChI=1S/C16H19N5O/c1-12-16(21-6-4-3-5-15(21)18-12)14(11-17)20-9-7-19(8-10-20)13(2)22/h3-6,14H,7-10H2,1-2H3. The summed E-state index contributed by atoms with van der Waals surface area (Å²) in [5.74, 6) is 0.0964. The highest BCUT2D eigenvalue weighted by Gasteiger charge is 2.29. The number of aromatic nitrogens is 2.